The lowest BCUT2D eigenvalue weighted by Gasteiger charge is -2.24. The van der Waals surface area contributed by atoms with Gasteiger partial charge in [0.2, 0.25) is 0 Å². The van der Waals surface area contributed by atoms with Crippen LogP contribution in [0.15, 0.2) is 5.70 Å². The molecule has 0 bridgehead atoms. The van der Waals surface area contributed by atoms with Crippen molar-refractivity contribution in [2.45, 2.75) is 71.4 Å². The van der Waals surface area contributed by atoms with Gasteiger partial charge in [-0.25, -0.2) is 9.86 Å². The number of nitrogens with zero attached hydrogens (tertiary/aromatic N) is 2. The van der Waals surface area contributed by atoms with Gasteiger partial charge in [0.15, 0.2) is 0 Å². The van der Waals surface area contributed by atoms with Gasteiger partial charge >= 0.3 is 0 Å². The van der Waals surface area contributed by atoms with Crippen molar-refractivity contribution in [1.82, 2.24) is 9.96 Å². The number of carbonyl (C=O) groups excluding carboxylic acids is 1. The zero-order valence-electron chi connectivity index (χ0n) is 13.8. The number of halogens is 1. The molecule has 0 amide bonds. The third-order valence-electron chi connectivity index (χ3n) is 3.99. The van der Waals surface area contributed by atoms with Gasteiger partial charge in [0, 0.05) is 0 Å². The maximum atomic E-state index is 10.9. The van der Waals surface area contributed by atoms with E-state index in [0.29, 0.717) is 18.8 Å². The van der Waals surface area contributed by atoms with Crippen LogP contribution < -0.4 is 0 Å². The highest BCUT2D eigenvalue weighted by Gasteiger charge is 2.31. The smallest absolute Gasteiger partial charge is 0.149 e. The van der Waals surface area contributed by atoms with E-state index < -0.39 is 0 Å². The molecule has 1 aliphatic heterocycles. The van der Waals surface area contributed by atoms with Gasteiger partial charge in [-0.15, -0.1) is 17.0 Å². The molecule has 0 aromatic carbocycles. The second-order valence-corrected chi connectivity index (χ2v) is 5.73. The van der Waals surface area contributed by atoms with Crippen LogP contribution in [0.4, 0.5) is 0 Å². The molecule has 4 nitrogen and oxygen atoms in total. The van der Waals surface area contributed by atoms with Gasteiger partial charge in [0.1, 0.15) is 17.8 Å². The van der Waals surface area contributed by atoms with Gasteiger partial charge in [0.25, 0.3) is 0 Å². The Labute approximate surface area is 140 Å². The molecule has 0 radical (unpaired) electrons. The van der Waals surface area contributed by atoms with Crippen LogP contribution in [0.25, 0.3) is 0 Å². The number of hydrogen-bond donors (Lipinski definition) is 0. The predicted octanol–water partition coefficient (Wildman–Crippen LogP) is 3.95. The highest BCUT2D eigenvalue weighted by atomic mass is 79.9. The van der Waals surface area contributed by atoms with E-state index in [1.165, 1.54) is 44.9 Å². The third-order valence-corrected chi connectivity index (χ3v) is 3.99. The molecule has 0 N–H and O–H groups in total. The Morgan fingerprint density at radius 3 is 2.29 bits per heavy atom. The lowest BCUT2D eigenvalue weighted by atomic mass is 10.1. The number of hydrogen-bond acceptors (Lipinski definition) is 4. The van der Waals surface area contributed by atoms with Crippen molar-refractivity contribution >= 4 is 22.9 Å². The van der Waals surface area contributed by atoms with Gasteiger partial charge in [-0.3, -0.25) is 9.74 Å². The maximum absolute atomic E-state index is 10.9. The van der Waals surface area contributed by atoms with Crippen LogP contribution in [0.2, 0.25) is 0 Å². The fourth-order valence-electron chi connectivity index (χ4n) is 2.50. The monoisotopic (exact) mass is 362 g/mol. The van der Waals surface area contributed by atoms with Crippen molar-refractivity contribution in [3.05, 3.63) is 5.70 Å². The summed E-state index contributed by atoms with van der Waals surface area (Å²) in [6, 6.07) is 0. The molecular weight excluding hydrogens is 332 g/mol. The molecule has 1 rings (SSSR count). The van der Waals surface area contributed by atoms with Crippen LogP contribution in [0, 0.1) is 0 Å². The summed E-state index contributed by atoms with van der Waals surface area (Å²) in [6.45, 7) is 5.61. The first-order valence-corrected chi connectivity index (χ1v) is 8.07. The summed E-state index contributed by atoms with van der Waals surface area (Å²) in [5, 5.41) is 1.72. The average Bonchev–Trinajstić information content (AvgIpc) is 2.73. The van der Waals surface area contributed by atoms with Crippen LogP contribution in [-0.2, 0) is 9.63 Å². The fourth-order valence-corrected chi connectivity index (χ4v) is 2.50. The van der Waals surface area contributed by atoms with Gasteiger partial charge in [-0.1, -0.05) is 51.9 Å². The summed E-state index contributed by atoms with van der Waals surface area (Å²) >= 11 is 0. The molecule has 1 unspecified atom stereocenters. The van der Waals surface area contributed by atoms with Crippen molar-refractivity contribution in [2.75, 3.05) is 20.2 Å². The van der Waals surface area contributed by atoms with E-state index in [9.17, 15) is 4.79 Å². The topological polar surface area (TPSA) is 32.8 Å². The second-order valence-electron chi connectivity index (χ2n) is 5.73. The van der Waals surface area contributed by atoms with Gasteiger partial charge < -0.3 is 0 Å². The summed E-state index contributed by atoms with van der Waals surface area (Å²) in [6.07, 6.45) is 10.4. The quantitative estimate of drug-likeness (QED) is 0.435. The Morgan fingerprint density at radius 2 is 1.71 bits per heavy atom. The van der Waals surface area contributed by atoms with Crippen molar-refractivity contribution in [3.63, 3.8) is 0 Å². The lowest BCUT2D eigenvalue weighted by molar-refractivity contribution is -0.158. The maximum Gasteiger partial charge on any atom is 0.149 e. The van der Waals surface area contributed by atoms with Crippen LogP contribution >= 0.6 is 17.0 Å². The molecule has 1 aliphatic rings. The first kappa shape index (κ1) is 20.6. The lowest BCUT2D eigenvalue weighted by Crippen LogP contribution is -2.33. The van der Waals surface area contributed by atoms with Crippen molar-refractivity contribution in [2.24, 2.45) is 0 Å². The van der Waals surface area contributed by atoms with Crippen LogP contribution in [0.1, 0.15) is 65.2 Å². The Morgan fingerprint density at radius 1 is 1.14 bits per heavy atom. The first-order valence-electron chi connectivity index (χ1n) is 8.07. The molecule has 1 fully saturated rings. The van der Waals surface area contributed by atoms with E-state index in [1.807, 2.05) is 19.9 Å². The van der Waals surface area contributed by atoms with E-state index in [0.717, 1.165) is 6.42 Å². The molecule has 0 spiro atoms. The van der Waals surface area contributed by atoms with Crippen molar-refractivity contribution in [3.8, 4) is 0 Å². The SMILES string of the molecule is Br.CCCCCCCCCCON1C(=C=O)CN(C)C1C. The molecule has 0 aromatic heterocycles. The predicted molar refractivity (Wildman–Crippen MR) is 92.0 cm³/mol. The van der Waals surface area contributed by atoms with Crippen LogP contribution in [-0.4, -0.2) is 42.3 Å². The third kappa shape index (κ3) is 7.46. The fraction of sp³-hybridized carbons (Fsp3) is 0.875. The van der Waals surface area contributed by atoms with E-state index in [2.05, 4.69) is 11.8 Å². The number of unbranched alkanes of at least 4 members (excludes halogenated alkanes) is 7. The number of rotatable bonds is 10. The number of hydroxylamine groups is 2. The highest BCUT2D eigenvalue weighted by Crippen LogP contribution is 2.20. The van der Waals surface area contributed by atoms with Gasteiger partial charge in [-0.2, -0.15) is 0 Å². The summed E-state index contributed by atoms with van der Waals surface area (Å²) in [5.41, 5.74) is 0.611. The van der Waals surface area contributed by atoms with Crippen molar-refractivity contribution < 1.29 is 9.63 Å². The molecule has 1 heterocycles. The van der Waals surface area contributed by atoms with Gasteiger partial charge in [-0.05, 0) is 20.4 Å². The molecule has 21 heavy (non-hydrogen) atoms. The molecule has 5 heteroatoms. The summed E-state index contributed by atoms with van der Waals surface area (Å²) < 4.78 is 0. The Hall–Kier alpha value is -0.350. The number of likely N-dealkylation sites (N-methyl/N-ethyl adjacent to an activating group) is 1. The average molecular weight is 363 g/mol. The Kier molecular flexibility index (Phi) is 12.0. The Bertz CT molecular complexity index is 319. The van der Waals surface area contributed by atoms with Gasteiger partial charge in [0.05, 0.1) is 13.2 Å². The summed E-state index contributed by atoms with van der Waals surface area (Å²) in [4.78, 5) is 18.7. The van der Waals surface area contributed by atoms with E-state index >= 15 is 0 Å². The van der Waals surface area contributed by atoms with Crippen LogP contribution in [0.5, 0.6) is 0 Å². The minimum absolute atomic E-state index is 0. The molecule has 0 aliphatic carbocycles. The van der Waals surface area contributed by atoms with Crippen molar-refractivity contribution in [1.29, 1.82) is 0 Å². The standard InChI is InChI=1S/C16H30N2O2.BrH/c1-4-5-6-7-8-9-10-11-12-20-18-15(2)17(3)13-16(18)14-19;/h15H,4-13H2,1-3H3;1H. The molecule has 0 saturated carbocycles. The molecule has 1 atom stereocenters. The second kappa shape index (κ2) is 12.2. The minimum atomic E-state index is 0. The van der Waals surface area contributed by atoms with E-state index in [-0.39, 0.29) is 23.1 Å². The Balaban J connectivity index is 0.00000400. The molecule has 0 aromatic rings. The zero-order chi connectivity index (χ0) is 14.8. The summed E-state index contributed by atoms with van der Waals surface area (Å²) in [7, 11) is 1.99. The molecular formula is C16H31BrN2O2. The largest absolute Gasteiger partial charge is 0.278 e. The molecule has 1 saturated heterocycles. The zero-order valence-corrected chi connectivity index (χ0v) is 15.5. The van der Waals surface area contributed by atoms with E-state index in [1.54, 1.807) is 5.06 Å². The summed E-state index contributed by atoms with van der Waals surface area (Å²) in [5.74, 6) is 1.98. The normalized spacial score (nSPS) is 18.7. The minimum Gasteiger partial charge on any atom is -0.278 e. The van der Waals surface area contributed by atoms with Crippen LogP contribution in [0.3, 0.4) is 0 Å². The van der Waals surface area contributed by atoms with E-state index in [4.69, 9.17) is 4.84 Å². The molecule has 124 valence electrons. The highest BCUT2D eigenvalue weighted by molar-refractivity contribution is 8.93. The first-order chi connectivity index (χ1) is 9.70.